The molecule has 1 aromatic rings. The lowest BCUT2D eigenvalue weighted by Crippen LogP contribution is -2.36. The van der Waals surface area contributed by atoms with Crippen LogP contribution in [0.1, 0.15) is 25.5 Å². The summed E-state index contributed by atoms with van der Waals surface area (Å²) >= 11 is 3.38. The van der Waals surface area contributed by atoms with E-state index in [0.29, 0.717) is 17.9 Å². The summed E-state index contributed by atoms with van der Waals surface area (Å²) in [5.41, 5.74) is 0.703. The predicted octanol–water partition coefficient (Wildman–Crippen LogP) is 2.51. The van der Waals surface area contributed by atoms with Crippen LogP contribution in [0.4, 0.5) is 0 Å². The van der Waals surface area contributed by atoms with Crippen molar-refractivity contribution in [2.45, 2.75) is 19.9 Å². The van der Waals surface area contributed by atoms with Crippen molar-refractivity contribution in [3.63, 3.8) is 0 Å². The van der Waals surface area contributed by atoms with Crippen LogP contribution in [0.25, 0.3) is 0 Å². The zero-order valence-corrected chi connectivity index (χ0v) is 14.3. The summed E-state index contributed by atoms with van der Waals surface area (Å²) in [5, 5.41) is 12.5. The summed E-state index contributed by atoms with van der Waals surface area (Å²) in [7, 11) is 1.58. The van der Waals surface area contributed by atoms with E-state index in [9.17, 15) is 9.90 Å². The lowest BCUT2D eigenvalue weighted by atomic mass is 10.1. The molecule has 0 radical (unpaired) electrons. The lowest BCUT2D eigenvalue weighted by molar-refractivity contribution is -0.139. The number of hydrogen-bond donors (Lipinski definition) is 2. The van der Waals surface area contributed by atoms with Crippen LogP contribution in [-0.4, -0.2) is 49.3 Å². The van der Waals surface area contributed by atoms with Gasteiger partial charge < -0.3 is 14.7 Å². The van der Waals surface area contributed by atoms with E-state index in [1.54, 1.807) is 25.3 Å². The number of hydrogen-bond acceptors (Lipinski definition) is 4. The van der Waals surface area contributed by atoms with Gasteiger partial charge in [-0.3, -0.25) is 10.1 Å². The number of likely N-dealkylation sites (N-methyl/N-ethyl adjacent to an activating group) is 1. The first-order valence-corrected chi connectivity index (χ1v) is 7.84. The van der Waals surface area contributed by atoms with Gasteiger partial charge in [-0.2, -0.15) is 0 Å². The van der Waals surface area contributed by atoms with E-state index in [1.807, 2.05) is 0 Å². The Labute approximate surface area is 134 Å². The smallest absolute Gasteiger partial charge is 0.325 e. The molecule has 0 heterocycles. The standard InChI is InChI=1S/C15H23BrN2O3/c1-4-18(5-2)9-8-17-14(15(19)20)11-6-7-13(21-3)12(16)10-11/h6-7,10,14,17H,4-5,8-9H2,1-3H3,(H,19,20). The molecule has 0 bridgehead atoms. The van der Waals surface area contributed by atoms with Crippen LogP contribution in [0.3, 0.4) is 0 Å². The van der Waals surface area contributed by atoms with Gasteiger partial charge in [0.1, 0.15) is 11.8 Å². The third-order valence-electron chi connectivity index (χ3n) is 3.43. The van der Waals surface area contributed by atoms with Gasteiger partial charge in [-0.1, -0.05) is 19.9 Å². The molecule has 0 saturated carbocycles. The average molecular weight is 359 g/mol. The van der Waals surface area contributed by atoms with Crippen LogP contribution < -0.4 is 10.1 Å². The van der Waals surface area contributed by atoms with E-state index < -0.39 is 12.0 Å². The van der Waals surface area contributed by atoms with E-state index in [-0.39, 0.29) is 0 Å². The summed E-state index contributed by atoms with van der Waals surface area (Å²) in [6, 6.07) is 4.60. The molecule has 21 heavy (non-hydrogen) atoms. The molecule has 118 valence electrons. The molecule has 1 atom stereocenters. The number of aliphatic carboxylic acids is 1. The van der Waals surface area contributed by atoms with Crippen LogP contribution in [0.15, 0.2) is 22.7 Å². The van der Waals surface area contributed by atoms with E-state index in [1.165, 1.54) is 0 Å². The van der Waals surface area contributed by atoms with Gasteiger partial charge in [-0.25, -0.2) is 0 Å². The second-order valence-electron chi connectivity index (χ2n) is 4.65. The Morgan fingerprint density at radius 3 is 2.57 bits per heavy atom. The molecule has 0 saturated heterocycles. The molecule has 0 aromatic heterocycles. The number of carboxylic acids is 1. The van der Waals surface area contributed by atoms with Crippen molar-refractivity contribution < 1.29 is 14.6 Å². The summed E-state index contributed by atoms with van der Waals surface area (Å²) < 4.78 is 5.91. The van der Waals surface area contributed by atoms with Crippen LogP contribution in [0.2, 0.25) is 0 Å². The van der Waals surface area contributed by atoms with Gasteiger partial charge in [-0.05, 0) is 46.7 Å². The molecule has 0 fully saturated rings. The van der Waals surface area contributed by atoms with E-state index in [2.05, 4.69) is 40.0 Å². The maximum absolute atomic E-state index is 11.5. The van der Waals surface area contributed by atoms with Gasteiger partial charge in [-0.15, -0.1) is 0 Å². The van der Waals surface area contributed by atoms with Crippen LogP contribution in [0.5, 0.6) is 5.75 Å². The fraction of sp³-hybridized carbons (Fsp3) is 0.533. The highest BCUT2D eigenvalue weighted by molar-refractivity contribution is 9.10. The summed E-state index contributed by atoms with van der Waals surface area (Å²) in [5.74, 6) is -0.197. The topological polar surface area (TPSA) is 61.8 Å². The number of nitrogens with zero attached hydrogens (tertiary/aromatic N) is 1. The Morgan fingerprint density at radius 1 is 1.43 bits per heavy atom. The zero-order valence-electron chi connectivity index (χ0n) is 12.7. The molecular formula is C15H23BrN2O3. The normalized spacial score (nSPS) is 12.4. The van der Waals surface area contributed by atoms with Crippen LogP contribution >= 0.6 is 15.9 Å². The van der Waals surface area contributed by atoms with Crippen molar-refractivity contribution in [1.82, 2.24) is 10.2 Å². The highest BCUT2D eigenvalue weighted by Crippen LogP contribution is 2.28. The molecule has 2 N–H and O–H groups in total. The van der Waals surface area contributed by atoms with Crippen molar-refractivity contribution in [3.05, 3.63) is 28.2 Å². The molecule has 0 amide bonds. The minimum Gasteiger partial charge on any atom is -0.496 e. The first-order chi connectivity index (χ1) is 10.0. The molecule has 0 spiro atoms. The molecule has 0 aliphatic rings. The highest BCUT2D eigenvalue weighted by Gasteiger charge is 2.20. The molecule has 1 aromatic carbocycles. The second kappa shape index (κ2) is 9.02. The van der Waals surface area contributed by atoms with Crippen LogP contribution in [-0.2, 0) is 4.79 Å². The number of methoxy groups -OCH3 is 1. The second-order valence-corrected chi connectivity index (χ2v) is 5.50. The summed E-state index contributed by atoms with van der Waals surface area (Å²) in [6.45, 7) is 7.57. The third kappa shape index (κ3) is 5.30. The van der Waals surface area contributed by atoms with E-state index in [4.69, 9.17) is 4.74 Å². The Morgan fingerprint density at radius 2 is 2.10 bits per heavy atom. The Kier molecular flexibility index (Phi) is 7.71. The molecule has 0 aliphatic heterocycles. The SMILES string of the molecule is CCN(CC)CCNC(C(=O)O)c1ccc(OC)c(Br)c1. The van der Waals surface area contributed by atoms with Crippen molar-refractivity contribution in [1.29, 1.82) is 0 Å². The Hall–Kier alpha value is -1.11. The largest absolute Gasteiger partial charge is 0.496 e. The quantitative estimate of drug-likeness (QED) is 0.710. The molecule has 1 rings (SSSR count). The van der Waals surface area contributed by atoms with Crippen LogP contribution in [0, 0.1) is 0 Å². The van der Waals surface area contributed by atoms with Crippen molar-refractivity contribution in [2.75, 3.05) is 33.3 Å². The fourth-order valence-electron chi connectivity index (χ4n) is 2.12. The van der Waals surface area contributed by atoms with Crippen molar-refractivity contribution >= 4 is 21.9 Å². The Bertz CT molecular complexity index is 464. The summed E-state index contributed by atoms with van der Waals surface area (Å²) in [4.78, 5) is 13.7. The minimum atomic E-state index is -0.883. The first kappa shape index (κ1) is 17.9. The third-order valence-corrected chi connectivity index (χ3v) is 4.05. The minimum absolute atomic E-state index is 0.627. The van der Waals surface area contributed by atoms with Gasteiger partial charge in [0.05, 0.1) is 11.6 Å². The van der Waals surface area contributed by atoms with Crippen molar-refractivity contribution in [3.8, 4) is 5.75 Å². The molecular weight excluding hydrogens is 336 g/mol. The monoisotopic (exact) mass is 358 g/mol. The number of carboxylic acid groups (broad SMARTS) is 1. The number of halogens is 1. The maximum Gasteiger partial charge on any atom is 0.325 e. The highest BCUT2D eigenvalue weighted by atomic mass is 79.9. The number of nitrogens with one attached hydrogen (secondary N) is 1. The number of carbonyl (C=O) groups is 1. The molecule has 1 unspecified atom stereocenters. The van der Waals surface area contributed by atoms with Gasteiger partial charge in [0.2, 0.25) is 0 Å². The average Bonchev–Trinajstić information content (AvgIpc) is 2.47. The van der Waals surface area contributed by atoms with Gasteiger partial charge in [0.25, 0.3) is 0 Å². The molecule has 6 heteroatoms. The Balaban J connectivity index is 2.73. The van der Waals surface area contributed by atoms with Crippen molar-refractivity contribution in [2.24, 2.45) is 0 Å². The maximum atomic E-state index is 11.5. The van der Waals surface area contributed by atoms with Gasteiger partial charge in [0, 0.05) is 13.1 Å². The molecule has 5 nitrogen and oxygen atoms in total. The van der Waals surface area contributed by atoms with Gasteiger partial charge in [0.15, 0.2) is 0 Å². The first-order valence-electron chi connectivity index (χ1n) is 7.05. The number of rotatable bonds is 9. The van der Waals surface area contributed by atoms with Gasteiger partial charge >= 0.3 is 5.97 Å². The fourth-order valence-corrected chi connectivity index (χ4v) is 2.68. The predicted molar refractivity (Wildman–Crippen MR) is 86.9 cm³/mol. The van der Waals surface area contributed by atoms with E-state index >= 15 is 0 Å². The number of benzene rings is 1. The number of ether oxygens (including phenoxy) is 1. The zero-order chi connectivity index (χ0) is 15.8. The molecule has 0 aliphatic carbocycles. The lowest BCUT2D eigenvalue weighted by Gasteiger charge is -2.21. The summed E-state index contributed by atoms with van der Waals surface area (Å²) in [6.07, 6.45) is 0. The van der Waals surface area contributed by atoms with E-state index in [0.717, 1.165) is 24.1 Å².